The highest BCUT2D eigenvalue weighted by Crippen LogP contribution is 2.23. The molecule has 5 rings (SSSR count). The van der Waals surface area contributed by atoms with E-state index in [1.807, 2.05) is 32.4 Å². The van der Waals surface area contributed by atoms with Gasteiger partial charge in [-0.2, -0.15) is 4.98 Å². The Labute approximate surface area is 219 Å². The summed E-state index contributed by atoms with van der Waals surface area (Å²) in [6.07, 6.45) is 6.91. The Kier molecular flexibility index (Phi) is 6.55. The lowest BCUT2D eigenvalue weighted by molar-refractivity contribution is 0.0738. The quantitative estimate of drug-likeness (QED) is 0.289. The number of allylic oxidation sites excluding steroid dienone is 1. The van der Waals surface area contributed by atoms with Crippen LogP contribution >= 0.6 is 0 Å². The van der Waals surface area contributed by atoms with Gasteiger partial charge in [0.15, 0.2) is 11.5 Å². The van der Waals surface area contributed by atoms with Gasteiger partial charge in [-0.3, -0.25) is 4.79 Å². The predicted octanol–water partition coefficient (Wildman–Crippen LogP) is 3.05. The van der Waals surface area contributed by atoms with Crippen molar-refractivity contribution in [3.8, 4) is 5.82 Å². The average molecular weight is 514 g/mol. The van der Waals surface area contributed by atoms with Crippen LogP contribution in [-0.4, -0.2) is 64.5 Å². The van der Waals surface area contributed by atoms with Crippen molar-refractivity contribution in [3.05, 3.63) is 77.6 Å². The SMILES string of the molecule is C=CCn1c(=O)c2cnc(Nc3cnc4c(ccn4CCN(C)C)c3)nc2n1-c1cccc(C(C)(C)O)n1. The first-order valence-electron chi connectivity index (χ1n) is 12.3. The molecule has 0 spiro atoms. The molecule has 11 heteroatoms. The van der Waals surface area contributed by atoms with Crippen molar-refractivity contribution in [1.82, 2.24) is 38.8 Å². The number of aromatic nitrogens is 7. The Balaban J connectivity index is 1.55. The van der Waals surface area contributed by atoms with Crippen molar-refractivity contribution < 1.29 is 5.11 Å². The zero-order valence-corrected chi connectivity index (χ0v) is 22.0. The zero-order valence-electron chi connectivity index (χ0n) is 22.0. The maximum atomic E-state index is 13.2. The van der Waals surface area contributed by atoms with Gasteiger partial charge in [-0.05, 0) is 52.2 Å². The normalized spacial score (nSPS) is 12.1. The minimum absolute atomic E-state index is 0.248. The number of nitrogens with one attached hydrogen (secondary N) is 1. The van der Waals surface area contributed by atoms with Crippen LogP contribution in [0.5, 0.6) is 0 Å². The van der Waals surface area contributed by atoms with Crippen LogP contribution in [0.1, 0.15) is 19.5 Å². The molecule has 0 aliphatic heterocycles. The summed E-state index contributed by atoms with van der Waals surface area (Å²) < 4.78 is 5.25. The zero-order chi connectivity index (χ0) is 27.0. The van der Waals surface area contributed by atoms with Gasteiger partial charge in [0.2, 0.25) is 5.95 Å². The minimum atomic E-state index is -1.15. The summed E-state index contributed by atoms with van der Waals surface area (Å²) >= 11 is 0. The molecule has 11 nitrogen and oxygen atoms in total. The van der Waals surface area contributed by atoms with Crippen LogP contribution in [0, 0.1) is 0 Å². The lowest BCUT2D eigenvalue weighted by Crippen LogP contribution is -2.23. The van der Waals surface area contributed by atoms with Gasteiger partial charge in [0.25, 0.3) is 5.56 Å². The number of anilines is 2. The summed E-state index contributed by atoms with van der Waals surface area (Å²) in [6, 6.07) is 9.32. The second-order valence-electron chi connectivity index (χ2n) is 9.93. The number of fused-ring (bicyclic) bond motifs is 2. The molecule has 0 aliphatic rings. The first-order valence-corrected chi connectivity index (χ1v) is 12.3. The van der Waals surface area contributed by atoms with Crippen LogP contribution < -0.4 is 10.9 Å². The molecule has 5 heterocycles. The highest BCUT2D eigenvalue weighted by atomic mass is 16.3. The maximum absolute atomic E-state index is 13.2. The second-order valence-corrected chi connectivity index (χ2v) is 9.93. The number of pyridine rings is 2. The Morgan fingerprint density at radius 1 is 1.13 bits per heavy atom. The minimum Gasteiger partial charge on any atom is -0.384 e. The van der Waals surface area contributed by atoms with E-state index in [2.05, 4.69) is 41.3 Å². The van der Waals surface area contributed by atoms with Crippen molar-refractivity contribution in [2.45, 2.75) is 32.5 Å². The summed E-state index contributed by atoms with van der Waals surface area (Å²) in [5.74, 6) is 0.763. The molecule has 0 aromatic carbocycles. The smallest absolute Gasteiger partial charge is 0.278 e. The summed E-state index contributed by atoms with van der Waals surface area (Å²) in [7, 11) is 4.09. The summed E-state index contributed by atoms with van der Waals surface area (Å²) in [5.41, 5.74) is 1.08. The first-order chi connectivity index (χ1) is 18.2. The highest BCUT2D eigenvalue weighted by Gasteiger charge is 2.21. The molecule has 5 aromatic rings. The lowest BCUT2D eigenvalue weighted by Gasteiger charge is -2.18. The fraction of sp³-hybridized carbons (Fsp3) is 0.296. The molecule has 0 bridgehead atoms. The summed E-state index contributed by atoms with van der Waals surface area (Å²) in [4.78, 5) is 33.7. The van der Waals surface area contributed by atoms with E-state index >= 15 is 0 Å². The van der Waals surface area contributed by atoms with Crippen molar-refractivity contribution in [1.29, 1.82) is 0 Å². The van der Waals surface area contributed by atoms with Gasteiger partial charge in [-0.1, -0.05) is 12.1 Å². The maximum Gasteiger partial charge on any atom is 0.278 e. The molecule has 196 valence electrons. The van der Waals surface area contributed by atoms with E-state index in [1.165, 1.54) is 10.9 Å². The van der Waals surface area contributed by atoms with Crippen molar-refractivity contribution >= 4 is 33.7 Å². The van der Waals surface area contributed by atoms with E-state index in [-0.39, 0.29) is 12.1 Å². The fourth-order valence-corrected chi connectivity index (χ4v) is 4.25. The third kappa shape index (κ3) is 4.81. The lowest BCUT2D eigenvalue weighted by atomic mass is 10.1. The van der Waals surface area contributed by atoms with Crippen LogP contribution in [0.15, 0.2) is 66.4 Å². The van der Waals surface area contributed by atoms with Gasteiger partial charge in [0, 0.05) is 30.9 Å². The third-order valence-electron chi connectivity index (χ3n) is 6.20. The average Bonchev–Trinajstić information content (AvgIpc) is 3.40. The Bertz CT molecular complexity index is 1690. The molecule has 0 saturated carbocycles. The van der Waals surface area contributed by atoms with Gasteiger partial charge < -0.3 is 19.9 Å². The summed E-state index contributed by atoms with van der Waals surface area (Å²) in [5, 5.41) is 15.0. The van der Waals surface area contributed by atoms with E-state index in [0.29, 0.717) is 28.5 Å². The molecule has 38 heavy (non-hydrogen) atoms. The van der Waals surface area contributed by atoms with Crippen LogP contribution in [-0.2, 0) is 18.7 Å². The molecule has 0 unspecified atom stereocenters. The molecule has 2 N–H and O–H groups in total. The van der Waals surface area contributed by atoms with Gasteiger partial charge in [0.1, 0.15) is 16.6 Å². The number of hydrogen-bond donors (Lipinski definition) is 2. The van der Waals surface area contributed by atoms with Gasteiger partial charge in [-0.15, -0.1) is 6.58 Å². The van der Waals surface area contributed by atoms with Gasteiger partial charge >= 0.3 is 0 Å². The monoisotopic (exact) mass is 513 g/mol. The second kappa shape index (κ2) is 9.84. The van der Waals surface area contributed by atoms with Gasteiger partial charge in [0.05, 0.1) is 24.1 Å². The number of nitrogens with zero attached hydrogens (tertiary/aromatic N) is 8. The van der Waals surface area contributed by atoms with Crippen LogP contribution in [0.4, 0.5) is 11.6 Å². The van der Waals surface area contributed by atoms with Crippen molar-refractivity contribution in [2.75, 3.05) is 26.0 Å². The Morgan fingerprint density at radius 2 is 1.95 bits per heavy atom. The number of aliphatic hydroxyl groups is 1. The molecular formula is C27H31N9O2. The number of likely N-dealkylation sites (N-methyl/N-ethyl adjacent to an activating group) is 1. The number of hydrogen-bond acceptors (Lipinski definition) is 8. The molecule has 0 amide bonds. The molecule has 0 fully saturated rings. The molecule has 0 radical (unpaired) electrons. The van der Waals surface area contributed by atoms with Crippen LogP contribution in [0.3, 0.4) is 0 Å². The summed E-state index contributed by atoms with van der Waals surface area (Å²) in [6.45, 7) is 9.12. The van der Waals surface area contributed by atoms with Crippen molar-refractivity contribution in [3.63, 3.8) is 0 Å². The predicted molar refractivity (Wildman–Crippen MR) is 148 cm³/mol. The third-order valence-corrected chi connectivity index (χ3v) is 6.20. The molecule has 5 aromatic heterocycles. The van der Waals surface area contributed by atoms with E-state index in [4.69, 9.17) is 0 Å². The van der Waals surface area contributed by atoms with Crippen LogP contribution in [0.25, 0.3) is 27.9 Å². The van der Waals surface area contributed by atoms with E-state index in [0.717, 1.165) is 29.8 Å². The molecule has 0 aliphatic carbocycles. The Morgan fingerprint density at radius 3 is 2.68 bits per heavy atom. The standard InChI is InChI=1S/C27H31N9O2/c1-6-11-35-25(37)20-17-29-26(32-24(20)36(35)22-9-7-8-21(31-22)27(2,3)38)30-19-15-18-10-12-34(14-13-33(4)5)23(18)28-16-19/h6-10,12,15-17,38H,1,11,13-14H2,2-5H3,(H,29,30,32). The van der Waals surface area contributed by atoms with Crippen LogP contribution in [0.2, 0.25) is 0 Å². The first kappa shape index (κ1) is 25.3. The topological polar surface area (TPSA) is 119 Å². The number of rotatable bonds is 9. The van der Waals surface area contributed by atoms with E-state index < -0.39 is 5.60 Å². The molecular weight excluding hydrogens is 482 g/mol. The van der Waals surface area contributed by atoms with E-state index in [9.17, 15) is 9.90 Å². The molecule has 0 saturated heterocycles. The largest absolute Gasteiger partial charge is 0.384 e. The molecule has 0 atom stereocenters. The van der Waals surface area contributed by atoms with Gasteiger partial charge in [-0.25, -0.2) is 24.3 Å². The van der Waals surface area contributed by atoms with Crippen molar-refractivity contribution in [2.24, 2.45) is 0 Å². The highest BCUT2D eigenvalue weighted by molar-refractivity contribution is 5.81. The Hall–Kier alpha value is -4.35. The van der Waals surface area contributed by atoms with E-state index in [1.54, 1.807) is 49.0 Å². The fourth-order valence-electron chi connectivity index (χ4n) is 4.25.